The highest BCUT2D eigenvalue weighted by Crippen LogP contribution is 2.14. The van der Waals surface area contributed by atoms with Crippen LogP contribution in [-0.2, 0) is 0 Å². The number of phenolic OH excluding ortho intramolecular Hbond substituents is 1. The third-order valence-corrected chi connectivity index (χ3v) is 3.28. The maximum Gasteiger partial charge on any atom is 0.353 e. The molecule has 3 nitrogen and oxygen atoms in total. The maximum atomic E-state index is 11.5. The third-order valence-electron chi connectivity index (χ3n) is 2.43. The lowest BCUT2D eigenvalue weighted by atomic mass is 10.3. The summed E-state index contributed by atoms with van der Waals surface area (Å²) < 4.78 is 5.13. The Bertz CT molecular complexity index is 649. The summed E-state index contributed by atoms with van der Waals surface area (Å²) in [5, 5.41) is 10.5. The number of phenols is 1. The molecule has 1 aromatic heterocycles. The van der Waals surface area contributed by atoms with Crippen LogP contribution < -0.4 is 4.74 Å². The molecule has 0 atom stereocenters. The molecule has 0 saturated heterocycles. The fraction of sp³-hybridized carbons (Fsp3) is 0. The Balaban J connectivity index is 0.000000194. The average molecular weight is 298 g/mol. The van der Waals surface area contributed by atoms with Crippen molar-refractivity contribution in [2.24, 2.45) is 0 Å². The number of hydrogen-bond acceptors (Lipinski definition) is 4. The van der Waals surface area contributed by atoms with Crippen molar-refractivity contribution in [2.75, 3.05) is 0 Å². The number of benzene rings is 2. The summed E-state index contributed by atoms with van der Waals surface area (Å²) in [4.78, 5) is 12.1. The first-order chi connectivity index (χ1) is 10.3. The molecular formula is C17H14O3S. The molecule has 0 spiro atoms. The van der Waals surface area contributed by atoms with Crippen LogP contribution in [0.25, 0.3) is 0 Å². The van der Waals surface area contributed by atoms with Gasteiger partial charge in [0, 0.05) is 0 Å². The molecule has 0 fully saturated rings. The van der Waals surface area contributed by atoms with Gasteiger partial charge >= 0.3 is 5.97 Å². The Morgan fingerprint density at radius 1 is 0.857 bits per heavy atom. The summed E-state index contributed by atoms with van der Waals surface area (Å²) in [5.41, 5.74) is 0. The standard InChI is InChI=1S/C11H8O2S.C6H6O/c12-11(10-7-4-8-14-10)13-9-5-2-1-3-6-9;7-6-4-2-1-3-5-6/h1-8H;1-5,7H. The lowest BCUT2D eigenvalue weighted by Crippen LogP contribution is -2.05. The van der Waals surface area contributed by atoms with Gasteiger partial charge in [-0.1, -0.05) is 42.5 Å². The van der Waals surface area contributed by atoms with E-state index in [1.165, 1.54) is 11.3 Å². The minimum Gasteiger partial charge on any atom is -0.508 e. The lowest BCUT2D eigenvalue weighted by molar-refractivity contribution is 0.0740. The first kappa shape index (κ1) is 14.8. The number of para-hydroxylation sites is 2. The molecule has 0 unspecified atom stereocenters. The Morgan fingerprint density at radius 3 is 1.95 bits per heavy atom. The monoisotopic (exact) mass is 298 g/mol. The van der Waals surface area contributed by atoms with E-state index >= 15 is 0 Å². The Labute approximate surface area is 127 Å². The van der Waals surface area contributed by atoms with Gasteiger partial charge in [-0.25, -0.2) is 4.79 Å². The van der Waals surface area contributed by atoms with Crippen LogP contribution in [0.15, 0.2) is 78.2 Å². The van der Waals surface area contributed by atoms with Crippen LogP contribution in [0.2, 0.25) is 0 Å². The fourth-order valence-corrected chi connectivity index (χ4v) is 2.07. The van der Waals surface area contributed by atoms with Gasteiger partial charge in [0.2, 0.25) is 0 Å². The molecule has 0 aliphatic rings. The zero-order valence-corrected chi connectivity index (χ0v) is 12.0. The van der Waals surface area contributed by atoms with Crippen LogP contribution in [0, 0.1) is 0 Å². The molecule has 4 heteroatoms. The van der Waals surface area contributed by atoms with Crippen LogP contribution in [0.1, 0.15) is 9.67 Å². The van der Waals surface area contributed by atoms with Gasteiger partial charge in [0.1, 0.15) is 16.4 Å². The first-order valence-corrected chi connectivity index (χ1v) is 7.18. The lowest BCUT2D eigenvalue weighted by Gasteiger charge is -2.00. The normalized spacial score (nSPS) is 9.33. The molecule has 21 heavy (non-hydrogen) atoms. The molecule has 106 valence electrons. The van der Waals surface area contributed by atoms with E-state index in [1.54, 1.807) is 42.5 Å². The predicted octanol–water partition coefficient (Wildman–Crippen LogP) is 4.36. The number of carbonyl (C=O) groups excluding carboxylic acids is 1. The summed E-state index contributed by atoms with van der Waals surface area (Å²) in [5.74, 6) is 0.597. The van der Waals surface area contributed by atoms with E-state index in [9.17, 15) is 4.79 Å². The maximum absolute atomic E-state index is 11.5. The van der Waals surface area contributed by atoms with Crippen molar-refractivity contribution in [3.8, 4) is 11.5 Å². The van der Waals surface area contributed by atoms with E-state index in [0.717, 1.165) is 0 Å². The summed E-state index contributed by atoms with van der Waals surface area (Å²) >= 11 is 1.38. The van der Waals surface area contributed by atoms with E-state index in [2.05, 4.69) is 0 Å². The van der Waals surface area contributed by atoms with Gasteiger partial charge in [0.05, 0.1) is 0 Å². The van der Waals surface area contributed by atoms with E-state index in [-0.39, 0.29) is 5.97 Å². The van der Waals surface area contributed by atoms with Gasteiger partial charge in [-0.05, 0) is 35.7 Å². The number of aromatic hydroxyl groups is 1. The molecule has 0 amide bonds. The highest BCUT2D eigenvalue weighted by molar-refractivity contribution is 7.12. The molecule has 3 aromatic rings. The number of esters is 1. The molecule has 0 aliphatic heterocycles. The third kappa shape index (κ3) is 5.12. The van der Waals surface area contributed by atoms with E-state index in [1.807, 2.05) is 35.7 Å². The van der Waals surface area contributed by atoms with Crippen molar-refractivity contribution in [1.29, 1.82) is 0 Å². The van der Waals surface area contributed by atoms with Crippen molar-refractivity contribution in [3.05, 3.63) is 83.1 Å². The zero-order valence-electron chi connectivity index (χ0n) is 11.2. The van der Waals surface area contributed by atoms with Crippen molar-refractivity contribution in [1.82, 2.24) is 0 Å². The summed E-state index contributed by atoms with van der Waals surface area (Å²) in [7, 11) is 0. The second kappa shape index (κ2) is 7.87. The summed E-state index contributed by atoms with van der Waals surface area (Å²) in [6.45, 7) is 0. The van der Waals surface area contributed by atoms with Crippen LogP contribution in [0.4, 0.5) is 0 Å². The number of hydrogen-bond donors (Lipinski definition) is 1. The molecule has 0 radical (unpaired) electrons. The van der Waals surface area contributed by atoms with Crippen molar-refractivity contribution < 1.29 is 14.6 Å². The number of carbonyl (C=O) groups is 1. The molecule has 0 aliphatic carbocycles. The van der Waals surface area contributed by atoms with Crippen LogP contribution in [0.5, 0.6) is 11.5 Å². The molecule has 0 bridgehead atoms. The second-order valence-corrected chi connectivity index (χ2v) is 4.96. The van der Waals surface area contributed by atoms with Crippen LogP contribution >= 0.6 is 11.3 Å². The van der Waals surface area contributed by atoms with E-state index < -0.39 is 0 Å². The van der Waals surface area contributed by atoms with Crippen molar-refractivity contribution in [3.63, 3.8) is 0 Å². The van der Waals surface area contributed by atoms with E-state index in [4.69, 9.17) is 9.84 Å². The van der Waals surface area contributed by atoms with Gasteiger partial charge in [-0.2, -0.15) is 0 Å². The first-order valence-electron chi connectivity index (χ1n) is 6.30. The molecule has 2 aromatic carbocycles. The zero-order chi connectivity index (χ0) is 14.9. The van der Waals surface area contributed by atoms with Crippen LogP contribution in [-0.4, -0.2) is 11.1 Å². The molecular weight excluding hydrogens is 284 g/mol. The largest absolute Gasteiger partial charge is 0.508 e. The van der Waals surface area contributed by atoms with Crippen molar-refractivity contribution >= 4 is 17.3 Å². The smallest absolute Gasteiger partial charge is 0.353 e. The summed E-state index contributed by atoms with van der Waals surface area (Å²) in [6.07, 6.45) is 0. The van der Waals surface area contributed by atoms with Gasteiger partial charge in [0.15, 0.2) is 0 Å². The van der Waals surface area contributed by atoms with Gasteiger partial charge in [-0.15, -0.1) is 11.3 Å². The Morgan fingerprint density at radius 2 is 1.48 bits per heavy atom. The van der Waals surface area contributed by atoms with Gasteiger partial charge in [-0.3, -0.25) is 0 Å². The van der Waals surface area contributed by atoms with Gasteiger partial charge in [0.25, 0.3) is 0 Å². The molecule has 0 saturated carbocycles. The number of rotatable bonds is 2. The molecule has 3 rings (SSSR count). The number of ether oxygens (including phenoxy) is 1. The fourth-order valence-electron chi connectivity index (χ4n) is 1.47. The van der Waals surface area contributed by atoms with Crippen molar-refractivity contribution in [2.45, 2.75) is 0 Å². The second-order valence-electron chi connectivity index (χ2n) is 4.02. The van der Waals surface area contributed by atoms with Crippen LogP contribution in [0.3, 0.4) is 0 Å². The average Bonchev–Trinajstić information content (AvgIpc) is 3.04. The van der Waals surface area contributed by atoms with Gasteiger partial charge < -0.3 is 9.84 Å². The molecule has 1 heterocycles. The Kier molecular flexibility index (Phi) is 5.55. The topological polar surface area (TPSA) is 46.5 Å². The molecule has 1 N–H and O–H groups in total. The van der Waals surface area contributed by atoms with E-state index in [0.29, 0.717) is 16.4 Å². The quantitative estimate of drug-likeness (QED) is 0.565. The number of thiophene rings is 1. The highest BCUT2D eigenvalue weighted by Gasteiger charge is 2.08. The predicted molar refractivity (Wildman–Crippen MR) is 83.8 cm³/mol. The Hall–Kier alpha value is -2.59. The minimum absolute atomic E-state index is 0.300. The minimum atomic E-state index is -0.300. The highest BCUT2D eigenvalue weighted by atomic mass is 32.1. The SMILES string of the molecule is O=C(Oc1ccccc1)c1cccs1.Oc1ccccc1. The summed E-state index contributed by atoms with van der Waals surface area (Å²) in [6, 6.07) is 21.3.